The molecule has 3 heteroatoms. The standard InChI is InChI=1S/C11H21NO2/c1-8-7-11(13)9-5-3-4-6-10(9)12(8,2)14/h8-11,13H,3-7H2,1-2H3. The summed E-state index contributed by atoms with van der Waals surface area (Å²) >= 11 is 0. The lowest BCUT2D eigenvalue weighted by molar-refractivity contribution is -0.921. The van der Waals surface area contributed by atoms with Gasteiger partial charge in [-0.15, -0.1) is 0 Å². The zero-order valence-corrected chi connectivity index (χ0v) is 9.15. The van der Waals surface area contributed by atoms with Gasteiger partial charge in [0, 0.05) is 18.8 Å². The van der Waals surface area contributed by atoms with Crippen LogP contribution in [-0.2, 0) is 0 Å². The van der Waals surface area contributed by atoms with E-state index < -0.39 is 0 Å². The van der Waals surface area contributed by atoms with Crippen molar-refractivity contribution in [2.45, 2.75) is 57.2 Å². The average molecular weight is 199 g/mol. The summed E-state index contributed by atoms with van der Waals surface area (Å²) in [5, 5.41) is 22.3. The van der Waals surface area contributed by atoms with Crippen LogP contribution < -0.4 is 0 Å². The molecule has 1 saturated heterocycles. The maximum absolute atomic E-state index is 12.4. The molecule has 0 spiro atoms. The zero-order valence-electron chi connectivity index (χ0n) is 9.15. The van der Waals surface area contributed by atoms with E-state index in [0.717, 1.165) is 19.3 Å². The Morgan fingerprint density at radius 2 is 1.93 bits per heavy atom. The van der Waals surface area contributed by atoms with Gasteiger partial charge in [-0.1, -0.05) is 6.42 Å². The van der Waals surface area contributed by atoms with E-state index in [1.54, 1.807) is 7.05 Å². The van der Waals surface area contributed by atoms with Crippen LogP contribution >= 0.6 is 0 Å². The molecule has 82 valence electrons. The summed E-state index contributed by atoms with van der Waals surface area (Å²) in [6, 6.07) is 0.215. The third-order valence-corrected chi connectivity index (χ3v) is 4.39. The average Bonchev–Trinajstić information content (AvgIpc) is 2.16. The summed E-state index contributed by atoms with van der Waals surface area (Å²) in [6.07, 6.45) is 4.86. The predicted molar refractivity (Wildman–Crippen MR) is 55.4 cm³/mol. The number of likely N-dealkylation sites (tertiary alicyclic amines) is 1. The number of aliphatic hydroxyl groups is 1. The lowest BCUT2D eigenvalue weighted by Crippen LogP contribution is -2.63. The Kier molecular flexibility index (Phi) is 2.58. The predicted octanol–water partition coefficient (Wildman–Crippen LogP) is 1.64. The Morgan fingerprint density at radius 1 is 1.29 bits per heavy atom. The van der Waals surface area contributed by atoms with Crippen LogP contribution in [0, 0.1) is 11.1 Å². The van der Waals surface area contributed by atoms with Gasteiger partial charge in [0.2, 0.25) is 0 Å². The summed E-state index contributed by atoms with van der Waals surface area (Å²) in [7, 11) is 1.79. The van der Waals surface area contributed by atoms with E-state index in [-0.39, 0.29) is 28.8 Å². The van der Waals surface area contributed by atoms with Crippen molar-refractivity contribution in [3.05, 3.63) is 5.21 Å². The minimum Gasteiger partial charge on any atom is -0.633 e. The number of hydroxylamine groups is 3. The van der Waals surface area contributed by atoms with E-state index in [9.17, 15) is 10.3 Å². The lowest BCUT2D eigenvalue weighted by Gasteiger charge is -2.58. The van der Waals surface area contributed by atoms with Crippen LogP contribution in [0.2, 0.25) is 0 Å². The van der Waals surface area contributed by atoms with Crippen molar-refractivity contribution in [2.75, 3.05) is 7.05 Å². The molecule has 1 heterocycles. The minimum atomic E-state index is -0.226. The topological polar surface area (TPSA) is 43.3 Å². The first kappa shape index (κ1) is 10.4. The molecular formula is C11H21NO2. The van der Waals surface area contributed by atoms with Crippen LogP contribution in [0.25, 0.3) is 0 Å². The minimum absolute atomic E-state index is 0.0596. The molecule has 2 fully saturated rings. The van der Waals surface area contributed by atoms with Gasteiger partial charge in [0.1, 0.15) is 0 Å². The van der Waals surface area contributed by atoms with Gasteiger partial charge in [0.15, 0.2) is 0 Å². The van der Waals surface area contributed by atoms with Crippen molar-refractivity contribution in [1.29, 1.82) is 0 Å². The van der Waals surface area contributed by atoms with Crippen molar-refractivity contribution in [1.82, 2.24) is 0 Å². The molecule has 5 atom stereocenters. The summed E-state index contributed by atoms with van der Waals surface area (Å²) < 4.78 is -0.123. The maximum Gasteiger partial charge on any atom is 0.0940 e. The van der Waals surface area contributed by atoms with Crippen LogP contribution in [0.15, 0.2) is 0 Å². The summed E-state index contributed by atoms with van der Waals surface area (Å²) in [6.45, 7) is 1.97. The number of aliphatic hydroxyl groups excluding tert-OH is 1. The number of nitrogens with zero attached hydrogens (tertiary/aromatic N) is 1. The molecule has 0 aromatic rings. The molecule has 0 aromatic carbocycles. The van der Waals surface area contributed by atoms with Crippen LogP contribution in [-0.4, -0.2) is 35.0 Å². The molecule has 1 aliphatic carbocycles. The fraction of sp³-hybridized carbons (Fsp3) is 1.00. The smallest absolute Gasteiger partial charge is 0.0940 e. The molecule has 2 rings (SSSR count). The number of rotatable bonds is 0. The molecule has 3 nitrogen and oxygen atoms in total. The third-order valence-electron chi connectivity index (χ3n) is 4.39. The highest BCUT2D eigenvalue weighted by atomic mass is 16.5. The molecule has 2 aliphatic rings. The fourth-order valence-electron chi connectivity index (χ4n) is 3.29. The first-order valence-electron chi connectivity index (χ1n) is 5.78. The van der Waals surface area contributed by atoms with Crippen LogP contribution in [0.5, 0.6) is 0 Å². The first-order chi connectivity index (χ1) is 6.53. The van der Waals surface area contributed by atoms with Gasteiger partial charge in [-0.05, 0) is 19.8 Å². The van der Waals surface area contributed by atoms with Gasteiger partial charge in [-0.3, -0.25) is 0 Å². The molecule has 14 heavy (non-hydrogen) atoms. The van der Waals surface area contributed by atoms with E-state index in [1.807, 2.05) is 6.92 Å². The Hall–Kier alpha value is -0.120. The molecule has 1 N–H and O–H groups in total. The van der Waals surface area contributed by atoms with Crippen LogP contribution in [0.4, 0.5) is 0 Å². The van der Waals surface area contributed by atoms with Gasteiger partial charge < -0.3 is 15.0 Å². The Bertz CT molecular complexity index is 217. The molecule has 0 aromatic heterocycles. The number of hydrogen-bond donors (Lipinski definition) is 1. The van der Waals surface area contributed by atoms with Gasteiger partial charge in [-0.2, -0.15) is 0 Å². The molecule has 0 radical (unpaired) electrons. The van der Waals surface area contributed by atoms with E-state index >= 15 is 0 Å². The van der Waals surface area contributed by atoms with Crippen molar-refractivity contribution < 1.29 is 9.75 Å². The van der Waals surface area contributed by atoms with Crippen LogP contribution in [0.1, 0.15) is 39.0 Å². The van der Waals surface area contributed by atoms with Crippen molar-refractivity contribution in [2.24, 2.45) is 5.92 Å². The molecule has 1 saturated carbocycles. The SMILES string of the molecule is CC1CC(O)C2CCCCC2[N+]1(C)[O-]. The van der Waals surface area contributed by atoms with E-state index in [0.29, 0.717) is 6.42 Å². The van der Waals surface area contributed by atoms with Crippen molar-refractivity contribution >= 4 is 0 Å². The Balaban J connectivity index is 2.20. The summed E-state index contributed by atoms with van der Waals surface area (Å²) in [5.74, 6) is 0.266. The Labute approximate surface area is 85.9 Å². The highest BCUT2D eigenvalue weighted by molar-refractivity contribution is 4.88. The fourth-order valence-corrected chi connectivity index (χ4v) is 3.29. The van der Waals surface area contributed by atoms with Gasteiger partial charge in [-0.25, -0.2) is 0 Å². The maximum atomic E-state index is 12.4. The number of quaternary nitrogens is 1. The quantitative estimate of drug-likeness (QED) is 0.476. The monoisotopic (exact) mass is 199 g/mol. The number of fused-ring (bicyclic) bond motifs is 1. The summed E-state index contributed by atoms with van der Waals surface area (Å²) in [4.78, 5) is 0. The highest BCUT2D eigenvalue weighted by Gasteiger charge is 2.46. The van der Waals surface area contributed by atoms with Crippen LogP contribution in [0.3, 0.4) is 0 Å². The normalized spacial score (nSPS) is 54.0. The van der Waals surface area contributed by atoms with Crippen molar-refractivity contribution in [3.63, 3.8) is 0 Å². The van der Waals surface area contributed by atoms with Gasteiger partial charge in [0.25, 0.3) is 0 Å². The highest BCUT2D eigenvalue weighted by Crippen LogP contribution is 2.41. The lowest BCUT2D eigenvalue weighted by atomic mass is 9.74. The Morgan fingerprint density at radius 3 is 2.64 bits per heavy atom. The van der Waals surface area contributed by atoms with Crippen molar-refractivity contribution in [3.8, 4) is 0 Å². The second kappa shape index (κ2) is 3.47. The third kappa shape index (κ3) is 1.47. The molecule has 0 amide bonds. The molecule has 1 aliphatic heterocycles. The zero-order chi connectivity index (χ0) is 10.3. The van der Waals surface area contributed by atoms with Gasteiger partial charge >= 0.3 is 0 Å². The molecule has 0 bridgehead atoms. The van der Waals surface area contributed by atoms with E-state index in [4.69, 9.17) is 0 Å². The second-order valence-corrected chi connectivity index (χ2v) is 5.23. The van der Waals surface area contributed by atoms with E-state index in [1.165, 1.54) is 6.42 Å². The second-order valence-electron chi connectivity index (χ2n) is 5.23. The number of piperidine rings is 1. The largest absolute Gasteiger partial charge is 0.633 e. The number of hydrogen-bond acceptors (Lipinski definition) is 2. The molecule has 5 unspecified atom stereocenters. The van der Waals surface area contributed by atoms with Gasteiger partial charge in [0.05, 0.1) is 25.2 Å². The first-order valence-corrected chi connectivity index (χ1v) is 5.78. The molecular weight excluding hydrogens is 178 g/mol. The summed E-state index contributed by atoms with van der Waals surface area (Å²) in [5.41, 5.74) is 0. The van der Waals surface area contributed by atoms with E-state index in [2.05, 4.69) is 0 Å².